The minimum Gasteiger partial charge on any atom is -0.506 e. The van der Waals surface area contributed by atoms with E-state index in [4.69, 9.17) is 10.4 Å². The van der Waals surface area contributed by atoms with E-state index in [1.165, 1.54) is 12.1 Å². The van der Waals surface area contributed by atoms with Gasteiger partial charge in [-0.25, -0.2) is 9.59 Å². The third kappa shape index (κ3) is 3.63. The van der Waals surface area contributed by atoms with Crippen molar-refractivity contribution in [1.82, 2.24) is 4.90 Å². The van der Waals surface area contributed by atoms with Crippen LogP contribution in [0.2, 0.25) is 0 Å². The van der Waals surface area contributed by atoms with Crippen molar-refractivity contribution in [3.05, 3.63) is 23.8 Å². The molecule has 1 saturated carbocycles. The molecule has 7 nitrogen and oxygen atoms in total. The SMILES string of the molecule is N#CCCN(C(=O)Nc1ccc(C(=O)O)cc1O)C1CC1. The zero-order chi connectivity index (χ0) is 15.4. The number of aromatic carboxylic acids is 1. The zero-order valence-electron chi connectivity index (χ0n) is 11.2. The van der Waals surface area contributed by atoms with Gasteiger partial charge in [0.05, 0.1) is 23.7 Å². The summed E-state index contributed by atoms with van der Waals surface area (Å²) in [5.41, 5.74) is 0.0848. The lowest BCUT2D eigenvalue weighted by molar-refractivity contribution is 0.0696. The molecule has 0 unspecified atom stereocenters. The lowest BCUT2D eigenvalue weighted by atomic mass is 10.2. The molecule has 21 heavy (non-hydrogen) atoms. The van der Waals surface area contributed by atoms with Crippen molar-refractivity contribution in [1.29, 1.82) is 5.26 Å². The Morgan fingerprint density at radius 1 is 1.43 bits per heavy atom. The van der Waals surface area contributed by atoms with Crippen molar-refractivity contribution in [2.75, 3.05) is 11.9 Å². The number of carbonyl (C=O) groups is 2. The van der Waals surface area contributed by atoms with Crippen LogP contribution in [0.4, 0.5) is 10.5 Å². The fourth-order valence-corrected chi connectivity index (χ4v) is 1.96. The van der Waals surface area contributed by atoms with Crippen LogP contribution in [0.3, 0.4) is 0 Å². The minimum absolute atomic E-state index is 0.0611. The number of nitrogens with zero attached hydrogens (tertiary/aromatic N) is 2. The van der Waals surface area contributed by atoms with Gasteiger partial charge in [0, 0.05) is 12.6 Å². The van der Waals surface area contributed by atoms with Crippen molar-refractivity contribution in [3.8, 4) is 11.8 Å². The number of carbonyl (C=O) groups excluding carboxylic acids is 1. The minimum atomic E-state index is -1.16. The van der Waals surface area contributed by atoms with Gasteiger partial charge in [0.1, 0.15) is 5.75 Å². The normalized spacial score (nSPS) is 13.3. The van der Waals surface area contributed by atoms with Gasteiger partial charge in [-0.2, -0.15) is 5.26 Å². The highest BCUT2D eigenvalue weighted by Crippen LogP contribution is 2.29. The molecule has 110 valence electrons. The van der Waals surface area contributed by atoms with Crippen molar-refractivity contribution < 1.29 is 19.8 Å². The van der Waals surface area contributed by atoms with Gasteiger partial charge < -0.3 is 20.4 Å². The summed E-state index contributed by atoms with van der Waals surface area (Å²) < 4.78 is 0. The first-order valence-electron chi connectivity index (χ1n) is 6.54. The number of nitrogens with one attached hydrogen (secondary N) is 1. The number of phenolic OH excluding ortho intramolecular Hbond substituents is 1. The van der Waals surface area contributed by atoms with Gasteiger partial charge in [-0.3, -0.25) is 0 Å². The number of amides is 2. The summed E-state index contributed by atoms with van der Waals surface area (Å²) in [7, 11) is 0. The number of aromatic hydroxyl groups is 1. The van der Waals surface area contributed by atoms with E-state index in [0.29, 0.717) is 6.54 Å². The largest absolute Gasteiger partial charge is 0.506 e. The van der Waals surface area contributed by atoms with E-state index in [2.05, 4.69) is 5.32 Å². The number of rotatable bonds is 5. The first-order chi connectivity index (χ1) is 10.0. The smallest absolute Gasteiger partial charge is 0.335 e. The third-order valence-electron chi connectivity index (χ3n) is 3.20. The van der Waals surface area contributed by atoms with Crippen LogP contribution in [0.1, 0.15) is 29.6 Å². The zero-order valence-corrected chi connectivity index (χ0v) is 11.2. The van der Waals surface area contributed by atoms with Crippen LogP contribution in [0.25, 0.3) is 0 Å². The molecule has 0 atom stereocenters. The van der Waals surface area contributed by atoms with Crippen LogP contribution in [-0.2, 0) is 0 Å². The van der Waals surface area contributed by atoms with Crippen molar-refractivity contribution in [2.45, 2.75) is 25.3 Å². The molecule has 1 aliphatic rings. The molecule has 3 N–H and O–H groups in total. The fourth-order valence-electron chi connectivity index (χ4n) is 1.96. The highest BCUT2D eigenvalue weighted by molar-refractivity contribution is 5.93. The van der Waals surface area contributed by atoms with Crippen LogP contribution in [0.5, 0.6) is 5.75 Å². The molecule has 0 saturated heterocycles. The molecule has 2 amide bonds. The molecule has 1 fully saturated rings. The number of urea groups is 1. The monoisotopic (exact) mass is 289 g/mol. The Morgan fingerprint density at radius 3 is 2.67 bits per heavy atom. The van der Waals surface area contributed by atoms with Gasteiger partial charge in [0.25, 0.3) is 0 Å². The Balaban J connectivity index is 2.07. The maximum atomic E-state index is 12.1. The van der Waals surface area contributed by atoms with E-state index in [9.17, 15) is 14.7 Å². The summed E-state index contributed by atoms with van der Waals surface area (Å²) in [4.78, 5) is 24.5. The van der Waals surface area contributed by atoms with Gasteiger partial charge in [-0.15, -0.1) is 0 Å². The van der Waals surface area contributed by atoms with Crippen LogP contribution >= 0.6 is 0 Å². The van der Waals surface area contributed by atoms with Crippen molar-refractivity contribution in [2.24, 2.45) is 0 Å². The predicted molar refractivity (Wildman–Crippen MR) is 74.0 cm³/mol. The summed E-state index contributed by atoms with van der Waals surface area (Å²) in [6.45, 7) is 0.334. The van der Waals surface area contributed by atoms with Crippen LogP contribution < -0.4 is 5.32 Å². The molecule has 2 rings (SSSR count). The average molecular weight is 289 g/mol. The topological polar surface area (TPSA) is 114 Å². The summed E-state index contributed by atoms with van der Waals surface area (Å²) in [6, 6.07) is 5.45. The van der Waals surface area contributed by atoms with Gasteiger partial charge in [0.2, 0.25) is 0 Å². The second-order valence-electron chi connectivity index (χ2n) is 4.80. The number of hydrogen-bond donors (Lipinski definition) is 3. The lowest BCUT2D eigenvalue weighted by Gasteiger charge is -2.22. The van der Waals surface area contributed by atoms with Gasteiger partial charge in [-0.05, 0) is 31.0 Å². The molecule has 0 aliphatic heterocycles. The molecule has 7 heteroatoms. The molecule has 1 aromatic carbocycles. The highest BCUT2D eigenvalue weighted by atomic mass is 16.4. The summed E-state index contributed by atoms with van der Waals surface area (Å²) >= 11 is 0. The molecular weight excluding hydrogens is 274 g/mol. The Labute approximate surface area is 121 Å². The molecule has 0 heterocycles. The quantitative estimate of drug-likeness (QED) is 0.717. The van der Waals surface area contributed by atoms with Gasteiger partial charge >= 0.3 is 12.0 Å². The fraction of sp³-hybridized carbons (Fsp3) is 0.357. The number of carboxylic acids is 1. The van der Waals surface area contributed by atoms with E-state index in [1.54, 1.807) is 4.90 Å². The van der Waals surface area contributed by atoms with E-state index >= 15 is 0 Å². The number of benzene rings is 1. The number of carboxylic acid groups (broad SMARTS) is 1. The standard InChI is InChI=1S/C14H15N3O4/c15-6-1-7-17(10-3-4-10)14(21)16-11-5-2-9(13(19)20)8-12(11)18/h2,5,8,10,18H,1,3-4,7H2,(H,16,21)(H,19,20). The summed E-state index contributed by atoms with van der Waals surface area (Å²) in [5.74, 6) is -1.46. The van der Waals surface area contributed by atoms with Gasteiger partial charge in [0.15, 0.2) is 0 Å². The highest BCUT2D eigenvalue weighted by Gasteiger charge is 2.32. The Kier molecular flexibility index (Phi) is 4.28. The Morgan fingerprint density at radius 2 is 2.14 bits per heavy atom. The molecule has 0 bridgehead atoms. The van der Waals surface area contributed by atoms with Crippen molar-refractivity contribution >= 4 is 17.7 Å². The second kappa shape index (κ2) is 6.13. The Bertz CT molecular complexity index is 605. The van der Waals surface area contributed by atoms with E-state index < -0.39 is 12.0 Å². The lowest BCUT2D eigenvalue weighted by Crippen LogP contribution is -2.37. The summed E-state index contributed by atoms with van der Waals surface area (Å²) in [5, 5.41) is 29.7. The van der Waals surface area contributed by atoms with E-state index in [1.807, 2.05) is 6.07 Å². The number of anilines is 1. The van der Waals surface area contributed by atoms with Crippen molar-refractivity contribution in [3.63, 3.8) is 0 Å². The average Bonchev–Trinajstić information content (AvgIpc) is 3.26. The summed E-state index contributed by atoms with van der Waals surface area (Å²) in [6.07, 6.45) is 2.05. The second-order valence-corrected chi connectivity index (χ2v) is 4.80. The number of phenols is 1. The maximum absolute atomic E-state index is 12.1. The maximum Gasteiger partial charge on any atom is 0.335 e. The molecule has 0 spiro atoms. The van der Waals surface area contributed by atoms with E-state index in [-0.39, 0.29) is 29.5 Å². The van der Waals surface area contributed by atoms with Gasteiger partial charge in [-0.1, -0.05) is 0 Å². The molecule has 1 aromatic rings. The Hall–Kier alpha value is -2.75. The molecule has 0 aromatic heterocycles. The first kappa shape index (κ1) is 14.7. The first-order valence-corrected chi connectivity index (χ1v) is 6.54. The van der Waals surface area contributed by atoms with Crippen LogP contribution in [-0.4, -0.2) is 39.7 Å². The third-order valence-corrected chi connectivity index (χ3v) is 3.20. The number of hydrogen-bond acceptors (Lipinski definition) is 4. The van der Waals surface area contributed by atoms with Crippen LogP contribution in [0, 0.1) is 11.3 Å². The number of nitriles is 1. The molecule has 1 aliphatic carbocycles. The van der Waals surface area contributed by atoms with E-state index in [0.717, 1.165) is 18.9 Å². The predicted octanol–water partition coefficient (Wildman–Crippen LogP) is 2.00. The van der Waals surface area contributed by atoms with Crippen LogP contribution in [0.15, 0.2) is 18.2 Å². The molecular formula is C14H15N3O4. The molecule has 0 radical (unpaired) electrons.